The molecule has 0 aliphatic heterocycles. The summed E-state index contributed by atoms with van der Waals surface area (Å²) in [5.74, 6) is 0. The van der Waals surface area contributed by atoms with E-state index in [4.69, 9.17) is 4.74 Å². The number of benzene rings is 3. The van der Waals surface area contributed by atoms with E-state index in [0.717, 1.165) is 16.6 Å². The number of imidazole rings is 1. The molecule has 3 aromatic carbocycles. The van der Waals surface area contributed by atoms with Crippen molar-refractivity contribution >= 4 is 26.7 Å². The lowest BCUT2D eigenvalue weighted by Gasteiger charge is -2.21. The Hall–Kier alpha value is -2.43. The molecule has 0 spiro atoms. The topological polar surface area (TPSA) is 27.1 Å². The van der Waals surface area contributed by atoms with Gasteiger partial charge in [0, 0.05) is 16.9 Å². The molecule has 0 aliphatic carbocycles. The van der Waals surface area contributed by atoms with E-state index in [2.05, 4.69) is 80.1 Å². The summed E-state index contributed by atoms with van der Waals surface area (Å²) in [6, 6.07) is 23.1. The normalized spacial score (nSPS) is 12.3. The van der Waals surface area contributed by atoms with Crippen LogP contribution in [0.5, 0.6) is 0 Å². The minimum absolute atomic E-state index is 0.0565. The lowest BCUT2D eigenvalue weighted by molar-refractivity contribution is 0.0289. The summed E-state index contributed by atoms with van der Waals surface area (Å²) >= 11 is 3.48. The van der Waals surface area contributed by atoms with Gasteiger partial charge in [-0.05, 0) is 34.0 Å². The molecule has 1 heterocycles. The van der Waals surface area contributed by atoms with Gasteiger partial charge in [-0.3, -0.25) is 0 Å². The van der Waals surface area contributed by atoms with E-state index in [0.29, 0.717) is 6.61 Å². The third-order valence-electron chi connectivity index (χ3n) is 4.47. The van der Waals surface area contributed by atoms with Crippen LogP contribution in [0.2, 0.25) is 0 Å². The van der Waals surface area contributed by atoms with Crippen molar-refractivity contribution in [3.8, 4) is 0 Å². The molecule has 4 aromatic rings. The van der Waals surface area contributed by atoms with Gasteiger partial charge in [-0.2, -0.15) is 0 Å². The molecule has 0 radical (unpaired) electrons. The minimum atomic E-state index is -0.0565. The van der Waals surface area contributed by atoms with Gasteiger partial charge >= 0.3 is 0 Å². The van der Waals surface area contributed by atoms with E-state index in [-0.39, 0.29) is 6.10 Å². The monoisotopic (exact) mass is 406 g/mol. The first-order valence-corrected chi connectivity index (χ1v) is 9.38. The Kier molecular flexibility index (Phi) is 5.14. The largest absolute Gasteiger partial charge is 0.367 e. The molecule has 0 bridgehead atoms. The van der Waals surface area contributed by atoms with Gasteiger partial charge in [0.05, 0.1) is 19.5 Å². The highest BCUT2D eigenvalue weighted by molar-refractivity contribution is 9.10. The number of hydrogen-bond acceptors (Lipinski definition) is 2. The second-order valence-corrected chi connectivity index (χ2v) is 7.17. The highest BCUT2D eigenvalue weighted by Crippen LogP contribution is 2.29. The predicted octanol–water partition coefficient (Wildman–Crippen LogP) is 5.76. The van der Waals surface area contributed by atoms with Gasteiger partial charge in [-0.25, -0.2) is 4.98 Å². The fraction of sp³-hybridized carbons (Fsp3) is 0.136. The molecule has 1 atom stereocenters. The van der Waals surface area contributed by atoms with Crippen LogP contribution < -0.4 is 0 Å². The van der Waals surface area contributed by atoms with Crippen LogP contribution >= 0.6 is 15.9 Å². The summed E-state index contributed by atoms with van der Waals surface area (Å²) in [5, 5.41) is 2.46. The fourth-order valence-corrected chi connectivity index (χ4v) is 3.40. The van der Waals surface area contributed by atoms with E-state index in [9.17, 15) is 0 Å². The van der Waals surface area contributed by atoms with E-state index in [1.54, 1.807) is 6.20 Å². The molecule has 3 nitrogen and oxygen atoms in total. The summed E-state index contributed by atoms with van der Waals surface area (Å²) in [4.78, 5) is 4.16. The van der Waals surface area contributed by atoms with E-state index >= 15 is 0 Å². The number of nitrogens with zero attached hydrogens (tertiary/aromatic N) is 2. The van der Waals surface area contributed by atoms with Crippen molar-refractivity contribution in [2.45, 2.75) is 19.3 Å². The predicted molar refractivity (Wildman–Crippen MR) is 108 cm³/mol. The molecule has 0 saturated heterocycles. The highest BCUT2D eigenvalue weighted by atomic mass is 79.9. The number of halogens is 1. The van der Waals surface area contributed by atoms with Gasteiger partial charge < -0.3 is 9.30 Å². The maximum atomic E-state index is 6.37. The van der Waals surface area contributed by atoms with Crippen molar-refractivity contribution in [2.75, 3.05) is 0 Å². The van der Waals surface area contributed by atoms with Crippen molar-refractivity contribution in [3.63, 3.8) is 0 Å². The lowest BCUT2D eigenvalue weighted by Crippen LogP contribution is -2.12. The zero-order chi connectivity index (χ0) is 17.8. The molecule has 130 valence electrons. The van der Waals surface area contributed by atoms with Crippen molar-refractivity contribution < 1.29 is 4.74 Å². The third kappa shape index (κ3) is 3.87. The Balaban J connectivity index is 1.64. The summed E-state index contributed by atoms with van der Waals surface area (Å²) < 4.78 is 9.51. The summed E-state index contributed by atoms with van der Waals surface area (Å²) in [6.07, 6.45) is 5.55. The number of aromatic nitrogens is 2. The summed E-state index contributed by atoms with van der Waals surface area (Å²) in [7, 11) is 0. The minimum Gasteiger partial charge on any atom is -0.367 e. The van der Waals surface area contributed by atoms with Gasteiger partial charge in [0.15, 0.2) is 0 Å². The molecule has 4 heteroatoms. The third-order valence-corrected chi connectivity index (χ3v) is 5.00. The Morgan fingerprint density at radius 3 is 2.58 bits per heavy atom. The number of rotatable bonds is 6. The Morgan fingerprint density at radius 1 is 0.962 bits per heavy atom. The molecular formula is C22H19BrN2O. The van der Waals surface area contributed by atoms with Crippen LogP contribution in [0.15, 0.2) is 89.9 Å². The molecule has 0 fully saturated rings. The van der Waals surface area contributed by atoms with Crippen LogP contribution in [0.3, 0.4) is 0 Å². The molecule has 1 unspecified atom stereocenters. The van der Waals surface area contributed by atoms with Crippen molar-refractivity contribution in [1.82, 2.24) is 9.55 Å². The van der Waals surface area contributed by atoms with Crippen molar-refractivity contribution in [2.24, 2.45) is 0 Å². The quantitative estimate of drug-likeness (QED) is 0.407. The van der Waals surface area contributed by atoms with E-state index < -0.39 is 0 Å². The number of fused-ring (bicyclic) bond motifs is 1. The summed E-state index contributed by atoms with van der Waals surface area (Å²) in [5.41, 5.74) is 2.36. The number of hydrogen-bond donors (Lipinski definition) is 0. The Bertz CT molecular complexity index is 975. The van der Waals surface area contributed by atoms with Gasteiger partial charge in [-0.1, -0.05) is 70.5 Å². The zero-order valence-corrected chi connectivity index (χ0v) is 15.8. The first-order valence-electron chi connectivity index (χ1n) is 8.59. The van der Waals surface area contributed by atoms with Gasteiger partial charge in [0.2, 0.25) is 0 Å². The van der Waals surface area contributed by atoms with Crippen molar-refractivity contribution in [1.29, 1.82) is 0 Å². The molecule has 26 heavy (non-hydrogen) atoms. The highest BCUT2D eigenvalue weighted by Gasteiger charge is 2.16. The SMILES string of the molecule is Brc1ccc(COC(Cn2ccnc2)c2cccc3ccccc23)cc1. The molecule has 4 rings (SSSR count). The lowest BCUT2D eigenvalue weighted by atomic mass is 10.00. The van der Waals surface area contributed by atoms with Crippen LogP contribution in [-0.2, 0) is 17.9 Å². The molecule has 1 aromatic heterocycles. The second kappa shape index (κ2) is 7.85. The molecular weight excluding hydrogens is 388 g/mol. The van der Waals surface area contributed by atoms with Crippen LogP contribution in [-0.4, -0.2) is 9.55 Å². The molecule has 0 aliphatic rings. The van der Waals surface area contributed by atoms with Crippen LogP contribution in [0, 0.1) is 0 Å². The van der Waals surface area contributed by atoms with Crippen LogP contribution in [0.25, 0.3) is 10.8 Å². The molecule has 0 saturated carbocycles. The average Bonchev–Trinajstić information content (AvgIpc) is 3.19. The second-order valence-electron chi connectivity index (χ2n) is 6.25. The standard InChI is InChI=1S/C22H19BrN2O/c23-19-10-8-17(9-11-19)15-26-22(14-25-13-12-24-16-25)21-7-3-5-18-4-1-2-6-20(18)21/h1-13,16,22H,14-15H2. The van der Waals surface area contributed by atoms with Gasteiger partial charge in [0.25, 0.3) is 0 Å². The average molecular weight is 407 g/mol. The van der Waals surface area contributed by atoms with Crippen molar-refractivity contribution in [3.05, 3.63) is 101 Å². The maximum absolute atomic E-state index is 6.37. The Labute approximate surface area is 161 Å². The Morgan fingerprint density at radius 2 is 1.77 bits per heavy atom. The first kappa shape index (κ1) is 17.0. The smallest absolute Gasteiger partial charge is 0.101 e. The maximum Gasteiger partial charge on any atom is 0.101 e. The van der Waals surface area contributed by atoms with E-state index in [1.807, 2.05) is 24.7 Å². The van der Waals surface area contributed by atoms with Gasteiger partial charge in [-0.15, -0.1) is 0 Å². The fourth-order valence-electron chi connectivity index (χ4n) is 3.14. The van der Waals surface area contributed by atoms with Crippen LogP contribution in [0.4, 0.5) is 0 Å². The van der Waals surface area contributed by atoms with Gasteiger partial charge in [0.1, 0.15) is 6.10 Å². The van der Waals surface area contributed by atoms with E-state index in [1.165, 1.54) is 16.3 Å². The van der Waals surface area contributed by atoms with Crippen LogP contribution in [0.1, 0.15) is 17.2 Å². The summed E-state index contributed by atoms with van der Waals surface area (Å²) in [6.45, 7) is 1.29. The number of ether oxygens (including phenoxy) is 1. The zero-order valence-electron chi connectivity index (χ0n) is 14.3. The molecule has 0 amide bonds. The molecule has 0 N–H and O–H groups in total. The first-order chi connectivity index (χ1) is 12.8.